The summed E-state index contributed by atoms with van der Waals surface area (Å²) in [6.07, 6.45) is 4.67. The lowest BCUT2D eigenvalue weighted by molar-refractivity contribution is 0.0696. The molecular formula is C31H28N2O6. The number of amides is 1. The average Bonchev–Trinajstić information content (AvgIpc) is 3.64. The maximum Gasteiger partial charge on any atom is 0.335 e. The van der Waals surface area contributed by atoms with E-state index < -0.39 is 5.97 Å². The minimum Gasteiger partial charge on any atom is -0.494 e. The van der Waals surface area contributed by atoms with Gasteiger partial charge in [0.05, 0.1) is 24.7 Å². The molecule has 0 saturated heterocycles. The molecule has 8 heteroatoms. The summed E-state index contributed by atoms with van der Waals surface area (Å²) >= 11 is 0. The largest absolute Gasteiger partial charge is 0.494 e. The molecule has 0 fully saturated rings. The molecule has 5 aromatic rings. The van der Waals surface area contributed by atoms with Crippen LogP contribution in [0.1, 0.15) is 32.9 Å². The Bertz CT molecular complexity index is 1540. The van der Waals surface area contributed by atoms with E-state index in [0.717, 1.165) is 52.1 Å². The van der Waals surface area contributed by atoms with Crippen LogP contribution in [-0.4, -0.2) is 36.7 Å². The van der Waals surface area contributed by atoms with Gasteiger partial charge in [-0.15, -0.1) is 0 Å². The topological polar surface area (TPSA) is 114 Å². The fourth-order valence-electron chi connectivity index (χ4n) is 4.23. The van der Waals surface area contributed by atoms with Gasteiger partial charge < -0.3 is 29.3 Å². The highest BCUT2D eigenvalue weighted by Crippen LogP contribution is 2.26. The Balaban J connectivity index is 1.06. The van der Waals surface area contributed by atoms with E-state index in [1.165, 1.54) is 6.26 Å². The van der Waals surface area contributed by atoms with Gasteiger partial charge in [0.1, 0.15) is 11.3 Å². The number of ether oxygens (including phenoxy) is 1. The maximum absolute atomic E-state index is 12.1. The van der Waals surface area contributed by atoms with Gasteiger partial charge in [-0.1, -0.05) is 24.3 Å². The number of furan rings is 2. The first-order chi connectivity index (χ1) is 19.1. The molecule has 8 nitrogen and oxygen atoms in total. The molecule has 0 aliphatic carbocycles. The van der Waals surface area contributed by atoms with Crippen molar-refractivity contribution in [1.82, 2.24) is 5.32 Å². The third-order valence-electron chi connectivity index (χ3n) is 6.32. The monoisotopic (exact) mass is 524 g/mol. The Hall–Kier alpha value is -4.98. The minimum atomic E-state index is -0.935. The van der Waals surface area contributed by atoms with Crippen molar-refractivity contribution in [1.29, 1.82) is 0 Å². The number of hydrogen-bond acceptors (Lipinski definition) is 6. The van der Waals surface area contributed by atoms with E-state index in [0.29, 0.717) is 25.3 Å². The van der Waals surface area contributed by atoms with Gasteiger partial charge in [0.15, 0.2) is 5.76 Å². The summed E-state index contributed by atoms with van der Waals surface area (Å²) < 4.78 is 16.7. The van der Waals surface area contributed by atoms with Crippen LogP contribution in [0.2, 0.25) is 0 Å². The van der Waals surface area contributed by atoms with Crippen LogP contribution in [0.4, 0.5) is 5.69 Å². The molecule has 0 atom stereocenters. The van der Waals surface area contributed by atoms with Crippen LogP contribution in [0.15, 0.2) is 100 Å². The molecule has 0 spiro atoms. The van der Waals surface area contributed by atoms with Crippen molar-refractivity contribution in [3.63, 3.8) is 0 Å². The number of nitrogens with one attached hydrogen (secondary N) is 2. The quantitative estimate of drug-likeness (QED) is 0.165. The van der Waals surface area contributed by atoms with E-state index >= 15 is 0 Å². The molecule has 2 aromatic heterocycles. The standard InChI is InChI=1S/C31H28N2O6/c34-30(29-3-1-17-38-29)33-16-14-24-20-39-28-13-10-25(19-27(24)28)32-15-2-18-37-26-11-8-22(9-12-26)21-4-6-23(7-5-21)31(35)36/h1,3-13,17,19-20,32H,2,14-16,18H2,(H,33,34)(H,35,36). The van der Waals surface area contributed by atoms with Crippen molar-refractivity contribution in [2.24, 2.45) is 0 Å². The number of carboxylic acids is 1. The van der Waals surface area contributed by atoms with Gasteiger partial charge in [0, 0.05) is 29.7 Å². The normalized spacial score (nSPS) is 10.9. The van der Waals surface area contributed by atoms with Crippen LogP contribution in [-0.2, 0) is 6.42 Å². The summed E-state index contributed by atoms with van der Waals surface area (Å²) in [5, 5.41) is 16.3. The van der Waals surface area contributed by atoms with Crippen LogP contribution in [0.5, 0.6) is 5.75 Å². The van der Waals surface area contributed by atoms with Crippen LogP contribution in [0.3, 0.4) is 0 Å². The van der Waals surface area contributed by atoms with Crippen molar-refractivity contribution < 1.29 is 28.3 Å². The number of fused-ring (bicyclic) bond motifs is 1. The predicted molar refractivity (Wildman–Crippen MR) is 148 cm³/mol. The lowest BCUT2D eigenvalue weighted by Crippen LogP contribution is -2.25. The van der Waals surface area contributed by atoms with Crippen molar-refractivity contribution >= 4 is 28.5 Å². The molecule has 0 unspecified atom stereocenters. The van der Waals surface area contributed by atoms with E-state index in [2.05, 4.69) is 16.7 Å². The first kappa shape index (κ1) is 25.7. The smallest absolute Gasteiger partial charge is 0.335 e. The molecule has 3 aromatic carbocycles. The Labute approximate surface area is 225 Å². The van der Waals surface area contributed by atoms with Crippen LogP contribution < -0.4 is 15.4 Å². The Morgan fingerprint density at radius 3 is 2.36 bits per heavy atom. The van der Waals surface area contributed by atoms with Gasteiger partial charge in [0.25, 0.3) is 5.91 Å². The Kier molecular flexibility index (Phi) is 7.92. The van der Waals surface area contributed by atoms with E-state index in [9.17, 15) is 9.59 Å². The van der Waals surface area contributed by atoms with Crippen LogP contribution in [0.25, 0.3) is 22.1 Å². The highest BCUT2D eigenvalue weighted by atomic mass is 16.5. The second-order valence-electron chi connectivity index (χ2n) is 8.99. The van der Waals surface area contributed by atoms with Crippen molar-refractivity contribution in [2.45, 2.75) is 12.8 Å². The number of aromatic carboxylic acids is 1. The van der Waals surface area contributed by atoms with Gasteiger partial charge >= 0.3 is 5.97 Å². The first-order valence-corrected chi connectivity index (χ1v) is 12.7. The molecule has 5 rings (SSSR count). The molecule has 0 bridgehead atoms. The summed E-state index contributed by atoms with van der Waals surface area (Å²) in [5.74, 6) is -0.0924. The van der Waals surface area contributed by atoms with Crippen molar-refractivity contribution in [2.75, 3.05) is 25.0 Å². The zero-order valence-electron chi connectivity index (χ0n) is 21.2. The summed E-state index contributed by atoms with van der Waals surface area (Å²) in [7, 11) is 0. The zero-order valence-corrected chi connectivity index (χ0v) is 21.2. The number of carboxylic acid groups (broad SMARTS) is 1. The molecular weight excluding hydrogens is 496 g/mol. The van der Waals surface area contributed by atoms with Crippen LogP contribution >= 0.6 is 0 Å². The van der Waals surface area contributed by atoms with Gasteiger partial charge in [-0.2, -0.15) is 0 Å². The fraction of sp³-hybridized carbons (Fsp3) is 0.161. The number of anilines is 1. The number of carbonyl (C=O) groups excluding carboxylic acids is 1. The van der Waals surface area contributed by atoms with Gasteiger partial charge in [-0.25, -0.2) is 4.79 Å². The Morgan fingerprint density at radius 1 is 0.872 bits per heavy atom. The summed E-state index contributed by atoms with van der Waals surface area (Å²) in [5.41, 5.74) is 5.03. The second kappa shape index (κ2) is 12.0. The molecule has 2 heterocycles. The molecule has 0 radical (unpaired) electrons. The highest BCUT2D eigenvalue weighted by Gasteiger charge is 2.10. The third-order valence-corrected chi connectivity index (χ3v) is 6.32. The molecule has 3 N–H and O–H groups in total. The average molecular weight is 525 g/mol. The first-order valence-electron chi connectivity index (χ1n) is 12.7. The number of benzene rings is 3. The Morgan fingerprint density at radius 2 is 1.64 bits per heavy atom. The van der Waals surface area contributed by atoms with Crippen LogP contribution in [0, 0.1) is 0 Å². The molecule has 198 valence electrons. The molecule has 39 heavy (non-hydrogen) atoms. The van der Waals surface area contributed by atoms with E-state index in [4.69, 9.17) is 18.7 Å². The van der Waals surface area contributed by atoms with E-state index in [1.54, 1.807) is 42.7 Å². The summed E-state index contributed by atoms with van der Waals surface area (Å²) in [4.78, 5) is 23.1. The number of carbonyl (C=O) groups is 2. The molecule has 0 aliphatic heterocycles. The van der Waals surface area contributed by atoms with E-state index in [-0.39, 0.29) is 11.5 Å². The lowest BCUT2D eigenvalue weighted by Gasteiger charge is -2.09. The molecule has 0 saturated carbocycles. The summed E-state index contributed by atoms with van der Waals surface area (Å²) in [6, 6.07) is 23.9. The third kappa shape index (κ3) is 6.48. The van der Waals surface area contributed by atoms with Crippen molar-refractivity contribution in [3.05, 3.63) is 108 Å². The van der Waals surface area contributed by atoms with Gasteiger partial charge in [-0.05, 0) is 78.6 Å². The fourth-order valence-corrected chi connectivity index (χ4v) is 4.23. The second-order valence-corrected chi connectivity index (χ2v) is 8.99. The highest BCUT2D eigenvalue weighted by molar-refractivity contribution is 5.91. The number of hydrogen-bond donors (Lipinski definition) is 3. The SMILES string of the molecule is O=C(O)c1ccc(-c2ccc(OCCCNc3ccc4occ(CCNC(=O)c5ccco5)c4c3)cc2)cc1. The zero-order chi connectivity index (χ0) is 27.0. The molecule has 0 aliphatic rings. The van der Waals surface area contributed by atoms with Gasteiger partial charge in [0.2, 0.25) is 0 Å². The number of rotatable bonds is 12. The minimum absolute atomic E-state index is 0.236. The van der Waals surface area contributed by atoms with Crippen molar-refractivity contribution in [3.8, 4) is 16.9 Å². The maximum atomic E-state index is 12.1. The molecule has 1 amide bonds. The summed E-state index contributed by atoms with van der Waals surface area (Å²) in [6.45, 7) is 1.78. The lowest BCUT2D eigenvalue weighted by atomic mass is 10.0. The predicted octanol–water partition coefficient (Wildman–Crippen LogP) is 6.24. The van der Waals surface area contributed by atoms with E-state index in [1.807, 2.05) is 36.4 Å². The van der Waals surface area contributed by atoms with Gasteiger partial charge in [-0.3, -0.25) is 4.79 Å².